The zero-order valence-corrected chi connectivity index (χ0v) is 12.3. The largest absolute Gasteiger partial charge is 0.368 e. The highest BCUT2D eigenvalue weighted by Gasteiger charge is 2.15. The SMILES string of the molecule is CCNc1nccc(C(=O)NCc2ccc(Cl)s2)c1F. The van der Waals surface area contributed by atoms with Gasteiger partial charge in [-0.3, -0.25) is 4.79 Å². The molecule has 4 nitrogen and oxygen atoms in total. The lowest BCUT2D eigenvalue weighted by molar-refractivity contribution is 0.0947. The number of pyridine rings is 1. The highest BCUT2D eigenvalue weighted by atomic mass is 35.5. The molecule has 0 spiro atoms. The van der Waals surface area contributed by atoms with E-state index in [0.29, 0.717) is 17.4 Å². The number of rotatable bonds is 5. The van der Waals surface area contributed by atoms with Crippen LogP contribution < -0.4 is 10.6 Å². The fourth-order valence-corrected chi connectivity index (χ4v) is 2.65. The number of hydrogen-bond donors (Lipinski definition) is 2. The van der Waals surface area contributed by atoms with Gasteiger partial charge < -0.3 is 10.6 Å². The first-order valence-corrected chi connectivity index (χ1v) is 7.22. The van der Waals surface area contributed by atoms with Crippen LogP contribution in [0.25, 0.3) is 0 Å². The van der Waals surface area contributed by atoms with Crippen LogP contribution >= 0.6 is 22.9 Å². The number of carbonyl (C=O) groups is 1. The molecule has 0 aliphatic carbocycles. The molecule has 2 aromatic heterocycles. The molecule has 20 heavy (non-hydrogen) atoms. The number of nitrogens with one attached hydrogen (secondary N) is 2. The van der Waals surface area contributed by atoms with Crippen LogP contribution in [0.5, 0.6) is 0 Å². The fourth-order valence-electron chi connectivity index (χ4n) is 1.62. The zero-order valence-electron chi connectivity index (χ0n) is 10.7. The molecule has 106 valence electrons. The predicted molar refractivity (Wildman–Crippen MR) is 78.9 cm³/mol. The molecular formula is C13H13ClFN3OS. The third kappa shape index (κ3) is 3.46. The summed E-state index contributed by atoms with van der Waals surface area (Å²) in [6.07, 6.45) is 1.40. The van der Waals surface area contributed by atoms with Crippen molar-refractivity contribution in [2.75, 3.05) is 11.9 Å². The molecule has 0 fully saturated rings. The van der Waals surface area contributed by atoms with Gasteiger partial charge in [0.2, 0.25) is 0 Å². The minimum absolute atomic E-state index is 0.0291. The van der Waals surface area contributed by atoms with Gasteiger partial charge in [0, 0.05) is 17.6 Å². The Kier molecular flexibility index (Phi) is 4.92. The molecule has 0 radical (unpaired) electrons. The minimum atomic E-state index is -0.643. The van der Waals surface area contributed by atoms with E-state index in [4.69, 9.17) is 11.6 Å². The number of nitrogens with zero attached hydrogens (tertiary/aromatic N) is 1. The van der Waals surface area contributed by atoms with E-state index in [1.807, 2.05) is 13.0 Å². The Balaban J connectivity index is 2.07. The molecule has 0 atom stereocenters. The molecule has 0 saturated carbocycles. The molecule has 0 saturated heterocycles. The molecular weight excluding hydrogens is 301 g/mol. The second-order valence-corrected chi connectivity index (χ2v) is 5.74. The Morgan fingerprint density at radius 1 is 1.45 bits per heavy atom. The summed E-state index contributed by atoms with van der Waals surface area (Å²) < 4.78 is 14.7. The lowest BCUT2D eigenvalue weighted by atomic mass is 10.2. The maximum atomic E-state index is 14.0. The monoisotopic (exact) mass is 313 g/mol. The number of hydrogen-bond acceptors (Lipinski definition) is 4. The van der Waals surface area contributed by atoms with E-state index >= 15 is 0 Å². The Labute approximate surface area is 125 Å². The molecule has 0 aliphatic rings. The van der Waals surface area contributed by atoms with Crippen LogP contribution in [0.15, 0.2) is 24.4 Å². The predicted octanol–water partition coefficient (Wildman–Crippen LogP) is 3.30. The van der Waals surface area contributed by atoms with Crippen LogP contribution in [0.4, 0.5) is 10.2 Å². The van der Waals surface area contributed by atoms with Gasteiger partial charge in [-0.1, -0.05) is 11.6 Å². The van der Waals surface area contributed by atoms with Crippen molar-refractivity contribution >= 4 is 34.7 Å². The number of aromatic nitrogens is 1. The quantitative estimate of drug-likeness (QED) is 0.890. The molecule has 2 rings (SSSR count). The molecule has 0 bridgehead atoms. The summed E-state index contributed by atoms with van der Waals surface area (Å²) in [6.45, 7) is 2.67. The first-order valence-electron chi connectivity index (χ1n) is 6.02. The second-order valence-electron chi connectivity index (χ2n) is 3.94. The molecule has 7 heteroatoms. The van der Waals surface area contributed by atoms with Crippen LogP contribution in [-0.2, 0) is 6.54 Å². The van der Waals surface area contributed by atoms with Crippen molar-refractivity contribution in [2.24, 2.45) is 0 Å². The van der Waals surface area contributed by atoms with Gasteiger partial charge in [-0.25, -0.2) is 9.37 Å². The van der Waals surface area contributed by atoms with Gasteiger partial charge in [0.15, 0.2) is 11.6 Å². The lowest BCUT2D eigenvalue weighted by Gasteiger charge is -2.08. The molecule has 1 amide bonds. The Morgan fingerprint density at radius 2 is 2.25 bits per heavy atom. The van der Waals surface area contributed by atoms with Gasteiger partial charge in [0.05, 0.1) is 16.4 Å². The van der Waals surface area contributed by atoms with Crippen molar-refractivity contribution in [1.29, 1.82) is 0 Å². The van der Waals surface area contributed by atoms with Crippen molar-refractivity contribution < 1.29 is 9.18 Å². The topological polar surface area (TPSA) is 54.0 Å². The van der Waals surface area contributed by atoms with Crippen molar-refractivity contribution in [3.63, 3.8) is 0 Å². The first-order chi connectivity index (χ1) is 9.61. The van der Waals surface area contributed by atoms with Crippen molar-refractivity contribution in [3.8, 4) is 0 Å². The van der Waals surface area contributed by atoms with E-state index in [1.165, 1.54) is 23.6 Å². The van der Waals surface area contributed by atoms with Gasteiger partial charge in [-0.2, -0.15) is 0 Å². The molecule has 2 heterocycles. The van der Waals surface area contributed by atoms with Gasteiger partial charge in [0.25, 0.3) is 5.91 Å². The third-order valence-corrected chi connectivity index (χ3v) is 3.76. The summed E-state index contributed by atoms with van der Waals surface area (Å²) in [7, 11) is 0. The number of carbonyl (C=O) groups excluding carboxylic acids is 1. The van der Waals surface area contributed by atoms with Crippen molar-refractivity contribution in [2.45, 2.75) is 13.5 Å². The zero-order chi connectivity index (χ0) is 14.5. The maximum absolute atomic E-state index is 14.0. The highest BCUT2D eigenvalue weighted by molar-refractivity contribution is 7.16. The first kappa shape index (κ1) is 14.7. The van der Waals surface area contributed by atoms with Crippen molar-refractivity contribution in [3.05, 3.63) is 45.0 Å². The lowest BCUT2D eigenvalue weighted by Crippen LogP contribution is -2.24. The Morgan fingerprint density at radius 3 is 2.90 bits per heavy atom. The summed E-state index contributed by atoms with van der Waals surface area (Å²) in [6, 6.07) is 4.93. The average molecular weight is 314 g/mol. The summed E-state index contributed by atoms with van der Waals surface area (Å²) >= 11 is 7.18. The second kappa shape index (κ2) is 6.67. The van der Waals surface area contributed by atoms with Crippen LogP contribution in [0.3, 0.4) is 0 Å². The number of anilines is 1. The smallest absolute Gasteiger partial charge is 0.254 e. The van der Waals surface area contributed by atoms with E-state index in [2.05, 4.69) is 15.6 Å². The summed E-state index contributed by atoms with van der Waals surface area (Å²) in [5.41, 5.74) is -0.0291. The standard InChI is InChI=1S/C13H13ClFN3OS/c1-2-16-12-11(15)9(5-6-17-12)13(19)18-7-8-3-4-10(14)20-8/h3-6H,2,7H2,1H3,(H,16,17)(H,18,19). The van der Waals surface area contributed by atoms with Gasteiger partial charge in [-0.05, 0) is 25.1 Å². The van der Waals surface area contributed by atoms with E-state index in [0.717, 1.165) is 4.88 Å². The van der Waals surface area contributed by atoms with E-state index in [9.17, 15) is 9.18 Å². The van der Waals surface area contributed by atoms with E-state index in [-0.39, 0.29) is 11.4 Å². The van der Waals surface area contributed by atoms with Gasteiger partial charge in [0.1, 0.15) is 0 Å². The van der Waals surface area contributed by atoms with Gasteiger partial charge >= 0.3 is 0 Å². The molecule has 2 aromatic rings. The average Bonchev–Trinajstić information content (AvgIpc) is 2.84. The van der Waals surface area contributed by atoms with Crippen LogP contribution in [-0.4, -0.2) is 17.4 Å². The Hall–Kier alpha value is -1.66. The summed E-state index contributed by atoms with van der Waals surface area (Å²) in [5, 5.41) is 5.42. The molecule has 0 aromatic carbocycles. The van der Waals surface area contributed by atoms with Crippen LogP contribution in [0, 0.1) is 5.82 Å². The maximum Gasteiger partial charge on any atom is 0.254 e. The summed E-state index contributed by atoms with van der Waals surface area (Å²) in [4.78, 5) is 16.7. The Bertz CT molecular complexity index is 617. The molecule has 0 unspecified atom stereocenters. The number of amides is 1. The van der Waals surface area contributed by atoms with Crippen LogP contribution in [0.1, 0.15) is 22.2 Å². The normalized spacial score (nSPS) is 10.3. The number of thiophene rings is 1. The number of halogens is 2. The highest BCUT2D eigenvalue weighted by Crippen LogP contribution is 2.21. The van der Waals surface area contributed by atoms with Gasteiger partial charge in [-0.15, -0.1) is 11.3 Å². The summed E-state index contributed by atoms with van der Waals surface area (Å²) in [5.74, 6) is -1.04. The molecule has 2 N–H and O–H groups in total. The molecule has 0 aliphatic heterocycles. The van der Waals surface area contributed by atoms with Crippen LogP contribution in [0.2, 0.25) is 4.34 Å². The van der Waals surface area contributed by atoms with Crippen molar-refractivity contribution in [1.82, 2.24) is 10.3 Å². The van der Waals surface area contributed by atoms with E-state index in [1.54, 1.807) is 6.07 Å². The minimum Gasteiger partial charge on any atom is -0.368 e. The fraction of sp³-hybridized carbons (Fsp3) is 0.231. The third-order valence-electron chi connectivity index (χ3n) is 2.53. The van der Waals surface area contributed by atoms with E-state index < -0.39 is 11.7 Å².